The molecule has 0 aliphatic rings. The van der Waals surface area contributed by atoms with Gasteiger partial charge in [0.15, 0.2) is 5.54 Å². The number of hydrogen-bond donors (Lipinski definition) is 1. The molecule has 1 N–H and O–H groups in total. The number of aromatic amines is 1. The molecule has 0 fully saturated rings. The van der Waals surface area contributed by atoms with Gasteiger partial charge in [-0.15, -0.1) is 0 Å². The molecule has 0 radical (unpaired) electrons. The molecule has 5 heteroatoms. The van der Waals surface area contributed by atoms with Crippen molar-refractivity contribution in [2.75, 3.05) is 7.05 Å². The van der Waals surface area contributed by atoms with E-state index in [9.17, 15) is 5.21 Å². The van der Waals surface area contributed by atoms with E-state index in [4.69, 9.17) is 0 Å². The fourth-order valence-electron chi connectivity index (χ4n) is 3.56. The van der Waals surface area contributed by atoms with Crippen LogP contribution in [0, 0.1) is 5.21 Å². The summed E-state index contributed by atoms with van der Waals surface area (Å²) in [6.45, 7) is 0. The third-order valence-electron chi connectivity index (χ3n) is 4.75. The topological polar surface area (TPSA) is 59.7 Å². The van der Waals surface area contributed by atoms with Crippen LogP contribution in [0.4, 0.5) is 0 Å². The Bertz CT molecular complexity index is 982. The van der Waals surface area contributed by atoms with E-state index >= 15 is 0 Å². The SMILES string of the molecule is C[N+]([O-])=c1ncn(C(c2ccccc2)(c2ccccc2)c2ccccc2)[nH]1. The first-order valence-corrected chi connectivity index (χ1v) is 8.77. The predicted molar refractivity (Wildman–Crippen MR) is 106 cm³/mol. The molecule has 0 amide bonds. The summed E-state index contributed by atoms with van der Waals surface area (Å²) in [5.74, 6) is 0. The van der Waals surface area contributed by atoms with Crippen molar-refractivity contribution >= 4 is 0 Å². The first-order valence-electron chi connectivity index (χ1n) is 8.77. The Morgan fingerprint density at radius 3 is 1.52 bits per heavy atom. The number of aromatic nitrogens is 3. The summed E-state index contributed by atoms with van der Waals surface area (Å²) < 4.78 is 2.62. The molecule has 0 aliphatic carbocycles. The maximum atomic E-state index is 11.8. The molecule has 0 aliphatic heterocycles. The second kappa shape index (κ2) is 6.96. The van der Waals surface area contributed by atoms with Crippen molar-refractivity contribution in [1.82, 2.24) is 19.5 Å². The van der Waals surface area contributed by atoms with Crippen molar-refractivity contribution in [3.63, 3.8) is 0 Å². The number of nitrogens with one attached hydrogen (secondary N) is 1. The van der Waals surface area contributed by atoms with Gasteiger partial charge in [-0.25, -0.2) is 0 Å². The van der Waals surface area contributed by atoms with Gasteiger partial charge in [0.25, 0.3) is 0 Å². The Morgan fingerprint density at radius 2 is 1.19 bits per heavy atom. The van der Waals surface area contributed by atoms with Crippen LogP contribution >= 0.6 is 0 Å². The molecule has 0 saturated heterocycles. The van der Waals surface area contributed by atoms with Crippen LogP contribution in [0.5, 0.6) is 0 Å². The lowest BCUT2D eigenvalue weighted by Crippen LogP contribution is -2.39. The number of hydrogen-bond acceptors (Lipinski definition) is 2. The molecule has 0 saturated carbocycles. The van der Waals surface area contributed by atoms with E-state index in [1.54, 1.807) is 6.33 Å². The second-order valence-corrected chi connectivity index (χ2v) is 6.36. The van der Waals surface area contributed by atoms with Crippen LogP contribution in [0.3, 0.4) is 0 Å². The fourth-order valence-corrected chi connectivity index (χ4v) is 3.56. The molecule has 0 unspecified atom stereocenters. The number of hydroxylamine groups is 1. The number of rotatable bonds is 4. The maximum Gasteiger partial charge on any atom is 0.411 e. The Morgan fingerprint density at radius 1 is 0.778 bits per heavy atom. The Balaban J connectivity index is 2.14. The molecule has 1 aromatic heterocycles. The van der Waals surface area contributed by atoms with E-state index in [2.05, 4.69) is 46.5 Å². The molecule has 5 nitrogen and oxygen atoms in total. The average molecular weight is 356 g/mol. The smallest absolute Gasteiger partial charge is 0.411 e. The largest absolute Gasteiger partial charge is 0.744 e. The molecular formula is C22H20N4O. The summed E-state index contributed by atoms with van der Waals surface area (Å²) >= 11 is 0. The summed E-state index contributed by atoms with van der Waals surface area (Å²) in [6, 6.07) is 30.7. The van der Waals surface area contributed by atoms with Gasteiger partial charge in [0, 0.05) is 0 Å². The van der Waals surface area contributed by atoms with Crippen molar-refractivity contribution in [3.8, 4) is 0 Å². The number of benzene rings is 3. The Hall–Kier alpha value is -3.60. The highest BCUT2D eigenvalue weighted by Gasteiger charge is 2.40. The normalized spacial score (nSPS) is 12.6. The van der Waals surface area contributed by atoms with Crippen LogP contribution in [0.25, 0.3) is 0 Å². The zero-order valence-corrected chi connectivity index (χ0v) is 15.0. The van der Waals surface area contributed by atoms with Crippen LogP contribution in [-0.4, -0.2) is 21.8 Å². The molecule has 0 atom stereocenters. The van der Waals surface area contributed by atoms with Gasteiger partial charge >= 0.3 is 5.62 Å². The summed E-state index contributed by atoms with van der Waals surface area (Å²) in [5, 5.41) is 15.0. The highest BCUT2D eigenvalue weighted by Crippen LogP contribution is 2.39. The maximum absolute atomic E-state index is 11.8. The summed E-state index contributed by atoms with van der Waals surface area (Å²) in [7, 11) is 1.43. The van der Waals surface area contributed by atoms with Gasteiger partial charge in [-0.3, -0.25) is 4.74 Å². The van der Waals surface area contributed by atoms with Gasteiger partial charge in [-0.05, 0) is 16.7 Å². The van der Waals surface area contributed by atoms with E-state index in [0.717, 1.165) is 21.4 Å². The minimum absolute atomic E-state index is 0.252. The van der Waals surface area contributed by atoms with Gasteiger partial charge in [-0.2, -0.15) is 9.78 Å². The molecular weight excluding hydrogens is 336 g/mol. The third-order valence-corrected chi connectivity index (χ3v) is 4.75. The molecule has 3 aromatic carbocycles. The second-order valence-electron chi connectivity index (χ2n) is 6.36. The molecule has 0 bridgehead atoms. The monoisotopic (exact) mass is 356 g/mol. The summed E-state index contributed by atoms with van der Waals surface area (Å²) in [5.41, 5.74) is 2.76. The van der Waals surface area contributed by atoms with Crippen molar-refractivity contribution in [3.05, 3.63) is 125 Å². The van der Waals surface area contributed by atoms with Crippen molar-refractivity contribution in [2.24, 2.45) is 0 Å². The lowest BCUT2D eigenvalue weighted by atomic mass is 9.77. The highest BCUT2D eigenvalue weighted by molar-refractivity contribution is 5.49. The van der Waals surface area contributed by atoms with E-state index < -0.39 is 5.54 Å². The van der Waals surface area contributed by atoms with Crippen LogP contribution in [0.15, 0.2) is 97.3 Å². The van der Waals surface area contributed by atoms with Gasteiger partial charge in [0.1, 0.15) is 0 Å². The highest BCUT2D eigenvalue weighted by atomic mass is 16.5. The van der Waals surface area contributed by atoms with E-state index in [0.29, 0.717) is 0 Å². The zero-order valence-electron chi connectivity index (χ0n) is 15.0. The van der Waals surface area contributed by atoms with Crippen molar-refractivity contribution in [1.29, 1.82) is 0 Å². The molecule has 4 rings (SSSR count). The van der Waals surface area contributed by atoms with Crippen LogP contribution in [0.1, 0.15) is 16.7 Å². The van der Waals surface area contributed by atoms with E-state index in [1.807, 2.05) is 59.3 Å². The zero-order chi connectivity index (χ0) is 18.7. The molecule has 134 valence electrons. The minimum Gasteiger partial charge on any atom is -0.744 e. The van der Waals surface area contributed by atoms with Crippen LogP contribution < -0.4 is 10.4 Å². The van der Waals surface area contributed by atoms with Crippen molar-refractivity contribution < 1.29 is 0 Å². The summed E-state index contributed by atoms with van der Waals surface area (Å²) in [4.78, 5) is 4.28. The van der Waals surface area contributed by atoms with Crippen LogP contribution in [-0.2, 0) is 5.54 Å². The minimum atomic E-state index is -0.689. The van der Waals surface area contributed by atoms with Gasteiger partial charge in [0.2, 0.25) is 6.33 Å². The van der Waals surface area contributed by atoms with Gasteiger partial charge in [0.05, 0.1) is 7.05 Å². The Kier molecular flexibility index (Phi) is 4.34. The van der Waals surface area contributed by atoms with Gasteiger partial charge in [-0.1, -0.05) is 96.0 Å². The summed E-state index contributed by atoms with van der Waals surface area (Å²) in [6.07, 6.45) is 1.68. The van der Waals surface area contributed by atoms with E-state index in [-0.39, 0.29) is 5.62 Å². The van der Waals surface area contributed by atoms with Crippen LogP contribution in [0.2, 0.25) is 0 Å². The standard InChI is InChI=1S/C22H20N4O/c1-25(27)21-23-17-26(24-21)22(18-11-5-2-6-12-18,19-13-7-3-8-14-19)20-15-9-4-10-16-20/h2-17,24H,1H3. The first-order chi connectivity index (χ1) is 13.2. The van der Waals surface area contributed by atoms with Gasteiger partial charge < -0.3 is 5.21 Å². The molecule has 27 heavy (non-hydrogen) atoms. The average Bonchev–Trinajstić information content (AvgIpc) is 3.22. The molecule has 1 heterocycles. The molecule has 0 spiro atoms. The quantitative estimate of drug-likeness (QED) is 0.347. The Labute approximate surface area is 157 Å². The molecule has 4 aromatic rings. The lowest BCUT2D eigenvalue weighted by molar-refractivity contribution is 0.453. The fraction of sp³-hybridized carbons (Fsp3) is 0.0909. The third kappa shape index (κ3) is 2.83. The predicted octanol–water partition coefficient (Wildman–Crippen LogP) is 2.95. The number of nitrogens with zero attached hydrogens (tertiary/aromatic N) is 3. The van der Waals surface area contributed by atoms with Crippen molar-refractivity contribution in [2.45, 2.75) is 5.54 Å². The van der Waals surface area contributed by atoms with E-state index in [1.165, 1.54) is 7.05 Å². The lowest BCUT2D eigenvalue weighted by Gasteiger charge is -2.34. The number of H-pyrrole nitrogens is 1. The first kappa shape index (κ1) is 16.8.